The Kier molecular flexibility index (Phi) is 3.76. The van der Waals surface area contributed by atoms with Crippen molar-refractivity contribution in [3.8, 4) is 0 Å². The molecule has 0 saturated heterocycles. The summed E-state index contributed by atoms with van der Waals surface area (Å²) in [6.45, 7) is 12.5. The van der Waals surface area contributed by atoms with Gasteiger partial charge >= 0.3 is 0 Å². The molecule has 0 bridgehead atoms. The summed E-state index contributed by atoms with van der Waals surface area (Å²) in [5.74, 6) is 0. The molecule has 0 fully saturated rings. The molecule has 0 N–H and O–H groups in total. The van der Waals surface area contributed by atoms with Gasteiger partial charge in [-0.3, -0.25) is 0 Å². The summed E-state index contributed by atoms with van der Waals surface area (Å²) >= 11 is 0. The van der Waals surface area contributed by atoms with Crippen LogP contribution in [0.2, 0.25) is 0 Å². The van der Waals surface area contributed by atoms with Gasteiger partial charge in [0.1, 0.15) is 10.5 Å². The number of hydrogen-bond acceptors (Lipinski definition) is 1. The molecule has 88 valence electrons. The molecule has 1 aromatic rings. The van der Waals surface area contributed by atoms with Crippen LogP contribution < -0.4 is 0 Å². The Bertz CT molecular complexity index is 363. The molecule has 0 heterocycles. The highest BCUT2D eigenvalue weighted by Gasteiger charge is 2.37. The lowest BCUT2D eigenvalue weighted by molar-refractivity contribution is 0.0448. The highest BCUT2D eigenvalue weighted by Crippen LogP contribution is 2.36. The molecule has 0 atom stereocenters. The zero-order valence-corrected chi connectivity index (χ0v) is 13.0. The van der Waals surface area contributed by atoms with Crippen molar-refractivity contribution in [2.45, 2.75) is 38.7 Å². The van der Waals surface area contributed by atoms with Crippen molar-refractivity contribution in [3.05, 3.63) is 42.0 Å². The van der Waals surface area contributed by atoms with E-state index >= 15 is 0 Å². The van der Waals surface area contributed by atoms with Crippen LogP contribution in [0.15, 0.2) is 30.8 Å². The molecule has 2 heteroatoms. The van der Waals surface area contributed by atoms with E-state index in [0.29, 0.717) is 0 Å². The van der Waals surface area contributed by atoms with Gasteiger partial charge in [0, 0.05) is 5.41 Å². The second-order valence-corrected chi connectivity index (χ2v) is 5.57. The third-order valence-corrected chi connectivity index (χ3v) is 4.90. The van der Waals surface area contributed by atoms with Crippen molar-refractivity contribution in [3.63, 3.8) is 0 Å². The number of hydrogen-bond donors (Lipinski definition) is 0. The first-order valence-corrected chi connectivity index (χ1v) is 6.45. The first kappa shape index (κ1) is 13.2. The lowest BCUT2D eigenvalue weighted by Crippen LogP contribution is -2.44. The van der Waals surface area contributed by atoms with Gasteiger partial charge in [-0.15, -0.1) is 0 Å². The van der Waals surface area contributed by atoms with E-state index in [1.807, 2.05) is 6.08 Å². The van der Waals surface area contributed by atoms with Gasteiger partial charge in [0.15, 0.2) is 0 Å². The predicted octanol–water partition coefficient (Wildman–Crippen LogP) is 2.68. The Hall–Kier alpha value is -0.863. The summed E-state index contributed by atoms with van der Waals surface area (Å²) in [6.07, 6.45) is 1.87. The van der Waals surface area contributed by atoms with Gasteiger partial charge in [-0.25, -0.2) is 0 Å². The molecule has 1 rings (SSSR count). The Morgan fingerprint density at radius 1 is 1.12 bits per heavy atom. The van der Waals surface area contributed by atoms with E-state index in [-0.39, 0.29) is 11.0 Å². The van der Waals surface area contributed by atoms with Crippen LogP contribution >= 0.6 is 0 Å². The minimum absolute atomic E-state index is 0.00838. The second kappa shape index (κ2) is 4.56. The van der Waals surface area contributed by atoms with E-state index in [1.165, 1.54) is 5.56 Å². The second-order valence-electron chi connectivity index (χ2n) is 5.17. The first-order chi connectivity index (χ1) is 7.35. The van der Waals surface area contributed by atoms with Crippen molar-refractivity contribution in [2.24, 2.45) is 0 Å². The maximum absolute atomic E-state index is 5.73. The monoisotopic (exact) mass is 234 g/mol. The lowest BCUT2D eigenvalue weighted by Gasteiger charge is -2.41. The molecule has 1 aromatic carbocycles. The zero-order chi connectivity index (χ0) is 12.4. The predicted molar refractivity (Wildman–Crippen MR) is 74.7 cm³/mol. The van der Waals surface area contributed by atoms with Gasteiger partial charge in [-0.05, 0) is 25.0 Å². The van der Waals surface area contributed by atoms with Crippen LogP contribution in [-0.2, 0) is 9.84 Å². The third-order valence-electron chi connectivity index (χ3n) is 3.88. The largest absolute Gasteiger partial charge is 0.422 e. The van der Waals surface area contributed by atoms with Crippen molar-refractivity contribution in [1.82, 2.24) is 0 Å². The van der Waals surface area contributed by atoms with Gasteiger partial charge in [0.05, 0.1) is 5.60 Å². The summed E-state index contributed by atoms with van der Waals surface area (Å²) < 4.78 is 5.73. The normalized spacial score (nSPS) is 12.8. The summed E-state index contributed by atoms with van der Waals surface area (Å²) in [7, 11) is 0.762. The van der Waals surface area contributed by atoms with Crippen LogP contribution in [0.3, 0.4) is 0 Å². The molecule has 0 spiro atoms. The molecular formula is C14H22OSi. The van der Waals surface area contributed by atoms with Crippen LogP contribution in [0.25, 0.3) is 6.08 Å². The Balaban J connectivity index is 3.11. The summed E-state index contributed by atoms with van der Waals surface area (Å²) in [5, 5.41) is 0. The molecule has 0 saturated carbocycles. The molecule has 16 heavy (non-hydrogen) atoms. The van der Waals surface area contributed by atoms with E-state index in [9.17, 15) is 0 Å². The Morgan fingerprint density at radius 2 is 1.62 bits per heavy atom. The van der Waals surface area contributed by atoms with Crippen LogP contribution in [0.5, 0.6) is 0 Å². The number of benzene rings is 1. The van der Waals surface area contributed by atoms with Crippen molar-refractivity contribution in [2.75, 3.05) is 0 Å². The van der Waals surface area contributed by atoms with Gasteiger partial charge in [-0.1, -0.05) is 50.8 Å². The fourth-order valence-corrected chi connectivity index (χ4v) is 2.15. The minimum atomic E-state index is -0.130. The van der Waals surface area contributed by atoms with Gasteiger partial charge in [0.2, 0.25) is 0 Å². The fraction of sp³-hybridized carbons (Fsp3) is 0.429. The minimum Gasteiger partial charge on any atom is -0.422 e. The quantitative estimate of drug-likeness (QED) is 0.728. The fourth-order valence-electron chi connectivity index (χ4n) is 1.64. The first-order valence-electron chi connectivity index (χ1n) is 5.63. The summed E-state index contributed by atoms with van der Waals surface area (Å²) in [6, 6.07) is 8.54. The topological polar surface area (TPSA) is 9.23 Å². The van der Waals surface area contributed by atoms with Crippen LogP contribution in [0, 0.1) is 0 Å². The molecular weight excluding hydrogens is 212 g/mol. The maximum Gasteiger partial charge on any atom is 0.146 e. The van der Waals surface area contributed by atoms with E-state index in [2.05, 4.69) is 58.5 Å². The Labute approximate surface area is 102 Å². The van der Waals surface area contributed by atoms with Crippen molar-refractivity contribution in [1.29, 1.82) is 0 Å². The molecule has 0 aliphatic carbocycles. The average molecular weight is 234 g/mol. The molecule has 0 aliphatic heterocycles. The SMILES string of the molecule is C=Cc1ccc(C(C)(C)C(C)(C)O[SiH3])cc1. The smallest absolute Gasteiger partial charge is 0.146 e. The average Bonchev–Trinajstić information content (AvgIpc) is 2.29. The summed E-state index contributed by atoms with van der Waals surface area (Å²) in [4.78, 5) is 0. The number of rotatable bonds is 4. The molecule has 0 aromatic heterocycles. The van der Waals surface area contributed by atoms with E-state index in [4.69, 9.17) is 4.43 Å². The summed E-state index contributed by atoms with van der Waals surface area (Å²) in [5.41, 5.74) is 2.34. The standard InChI is InChI=1S/C14H22OSi/c1-6-11-7-9-12(10-8-11)13(2,3)14(4,5)15-16/h6-10H,1H2,2-5,16H3. The molecule has 0 aliphatic rings. The molecule has 0 unspecified atom stereocenters. The van der Waals surface area contributed by atoms with E-state index < -0.39 is 0 Å². The van der Waals surface area contributed by atoms with Crippen molar-refractivity contribution >= 4 is 16.6 Å². The van der Waals surface area contributed by atoms with Gasteiger partial charge in [-0.2, -0.15) is 0 Å². The Morgan fingerprint density at radius 3 is 2.00 bits per heavy atom. The highest BCUT2D eigenvalue weighted by molar-refractivity contribution is 5.98. The van der Waals surface area contributed by atoms with Crippen molar-refractivity contribution < 1.29 is 4.43 Å². The van der Waals surface area contributed by atoms with Gasteiger partial charge in [0.25, 0.3) is 0 Å². The highest BCUT2D eigenvalue weighted by atomic mass is 28.2. The molecule has 0 amide bonds. The third kappa shape index (κ3) is 2.28. The van der Waals surface area contributed by atoms with Crippen LogP contribution in [0.4, 0.5) is 0 Å². The lowest BCUT2D eigenvalue weighted by atomic mass is 9.72. The van der Waals surface area contributed by atoms with Crippen LogP contribution in [0.1, 0.15) is 38.8 Å². The van der Waals surface area contributed by atoms with Gasteiger partial charge < -0.3 is 4.43 Å². The van der Waals surface area contributed by atoms with E-state index in [1.54, 1.807) is 0 Å². The molecule has 0 radical (unpaired) electrons. The maximum atomic E-state index is 5.73. The van der Waals surface area contributed by atoms with E-state index in [0.717, 1.165) is 16.0 Å². The van der Waals surface area contributed by atoms with Crippen LogP contribution in [-0.4, -0.2) is 16.1 Å². The molecule has 1 nitrogen and oxygen atoms in total. The zero-order valence-electron chi connectivity index (χ0n) is 11.0.